The summed E-state index contributed by atoms with van der Waals surface area (Å²) in [5.41, 5.74) is 4.38. The fraction of sp³-hybridized carbons (Fsp3) is 0.769. The molecule has 0 radical (unpaired) electrons. The number of rotatable bonds is 10. The van der Waals surface area contributed by atoms with Crippen molar-refractivity contribution in [3.8, 4) is 0 Å². The molecular formula is C26H49N. The minimum Gasteiger partial charge on any atom is -0.383 e. The van der Waals surface area contributed by atoms with E-state index in [2.05, 4.69) is 114 Å². The highest BCUT2D eigenvalue weighted by atomic mass is 15.0. The predicted molar refractivity (Wildman–Crippen MR) is 125 cm³/mol. The fourth-order valence-corrected chi connectivity index (χ4v) is 4.58. The Morgan fingerprint density at radius 3 is 1.70 bits per heavy atom. The van der Waals surface area contributed by atoms with Crippen LogP contribution in [0.3, 0.4) is 0 Å². The Balaban J connectivity index is 5.38. The average Bonchev–Trinajstić information content (AvgIpc) is 2.44. The van der Waals surface area contributed by atoms with Crippen molar-refractivity contribution >= 4 is 0 Å². The topological polar surface area (TPSA) is 12.0 Å². The van der Waals surface area contributed by atoms with E-state index in [1.54, 1.807) is 0 Å². The van der Waals surface area contributed by atoms with E-state index in [0.717, 1.165) is 18.5 Å². The van der Waals surface area contributed by atoms with Crippen molar-refractivity contribution in [1.29, 1.82) is 0 Å². The highest BCUT2D eigenvalue weighted by Crippen LogP contribution is 2.44. The van der Waals surface area contributed by atoms with Gasteiger partial charge in [-0.15, -0.1) is 0 Å². The second-order valence-electron chi connectivity index (χ2n) is 11.4. The van der Waals surface area contributed by atoms with E-state index in [1.807, 2.05) is 0 Å². The summed E-state index contributed by atoms with van der Waals surface area (Å²) in [4.78, 5) is 0. The molecule has 0 amide bonds. The first kappa shape index (κ1) is 26.0. The summed E-state index contributed by atoms with van der Waals surface area (Å²) in [7, 11) is 0. The second kappa shape index (κ2) is 9.01. The van der Waals surface area contributed by atoms with Crippen LogP contribution in [-0.2, 0) is 0 Å². The molecule has 0 aliphatic carbocycles. The number of hydrogen-bond acceptors (Lipinski definition) is 1. The summed E-state index contributed by atoms with van der Waals surface area (Å²) >= 11 is 0. The van der Waals surface area contributed by atoms with Crippen LogP contribution >= 0.6 is 0 Å². The predicted octanol–water partition coefficient (Wildman–Crippen LogP) is 8.30. The van der Waals surface area contributed by atoms with Crippen LogP contribution in [-0.4, -0.2) is 5.54 Å². The van der Waals surface area contributed by atoms with Gasteiger partial charge in [0.05, 0.1) is 0 Å². The molecular weight excluding hydrogens is 326 g/mol. The highest BCUT2D eigenvalue weighted by Gasteiger charge is 2.37. The second-order valence-corrected chi connectivity index (χ2v) is 11.4. The monoisotopic (exact) mass is 375 g/mol. The van der Waals surface area contributed by atoms with E-state index in [1.165, 1.54) is 11.1 Å². The Bertz CT molecular complexity index is 565. The SMILES string of the molecule is C=C(NC(C)(C)CC(C)(C)C(=C/C)/C(C)=C\C)C(C)(C)CC(C)(C)C(C)C. The first-order valence-corrected chi connectivity index (χ1v) is 10.7. The molecule has 0 bridgehead atoms. The van der Waals surface area contributed by atoms with Crippen molar-refractivity contribution in [2.45, 2.75) is 108 Å². The molecule has 1 nitrogen and oxygen atoms in total. The van der Waals surface area contributed by atoms with Crippen molar-refractivity contribution in [3.63, 3.8) is 0 Å². The Morgan fingerprint density at radius 2 is 1.33 bits per heavy atom. The van der Waals surface area contributed by atoms with Crippen LogP contribution in [0.5, 0.6) is 0 Å². The molecule has 0 aliphatic rings. The summed E-state index contributed by atoms with van der Waals surface area (Å²) in [6, 6.07) is 0. The maximum atomic E-state index is 4.46. The molecule has 158 valence electrons. The maximum absolute atomic E-state index is 4.46. The van der Waals surface area contributed by atoms with Crippen molar-refractivity contribution in [1.82, 2.24) is 5.32 Å². The van der Waals surface area contributed by atoms with Crippen LogP contribution in [0.4, 0.5) is 0 Å². The molecule has 0 rings (SSSR count). The van der Waals surface area contributed by atoms with Gasteiger partial charge in [0.2, 0.25) is 0 Å². The number of nitrogens with one attached hydrogen (secondary N) is 1. The van der Waals surface area contributed by atoms with Gasteiger partial charge < -0.3 is 5.32 Å². The number of hydrogen-bond donors (Lipinski definition) is 1. The van der Waals surface area contributed by atoms with E-state index in [0.29, 0.717) is 11.3 Å². The lowest BCUT2D eigenvalue weighted by Gasteiger charge is -2.44. The first-order valence-electron chi connectivity index (χ1n) is 10.7. The third kappa shape index (κ3) is 7.51. The minimum atomic E-state index is -0.0257. The van der Waals surface area contributed by atoms with Gasteiger partial charge in [0.15, 0.2) is 0 Å². The van der Waals surface area contributed by atoms with Crippen molar-refractivity contribution in [3.05, 3.63) is 35.6 Å². The van der Waals surface area contributed by atoms with Crippen molar-refractivity contribution in [2.24, 2.45) is 22.2 Å². The Labute approximate surface area is 171 Å². The molecule has 0 aromatic rings. The normalized spacial score (nSPS) is 15.3. The molecule has 0 heterocycles. The third-order valence-electron chi connectivity index (χ3n) is 6.53. The molecule has 0 spiro atoms. The first-order chi connectivity index (χ1) is 11.9. The lowest BCUT2D eigenvalue weighted by Crippen LogP contribution is -2.46. The van der Waals surface area contributed by atoms with Gasteiger partial charge >= 0.3 is 0 Å². The van der Waals surface area contributed by atoms with Crippen LogP contribution in [0.15, 0.2) is 35.6 Å². The fourth-order valence-electron chi connectivity index (χ4n) is 4.58. The van der Waals surface area contributed by atoms with E-state index in [-0.39, 0.29) is 16.4 Å². The van der Waals surface area contributed by atoms with Crippen LogP contribution in [0, 0.1) is 22.2 Å². The zero-order valence-corrected chi connectivity index (χ0v) is 20.9. The Morgan fingerprint density at radius 1 is 0.852 bits per heavy atom. The summed E-state index contributed by atoms with van der Waals surface area (Å²) < 4.78 is 0. The lowest BCUT2D eigenvalue weighted by atomic mass is 9.67. The van der Waals surface area contributed by atoms with Crippen LogP contribution in [0.25, 0.3) is 0 Å². The molecule has 1 heteroatoms. The van der Waals surface area contributed by atoms with Gasteiger partial charge in [0.1, 0.15) is 0 Å². The molecule has 0 aromatic carbocycles. The van der Waals surface area contributed by atoms with Crippen LogP contribution < -0.4 is 5.32 Å². The minimum absolute atomic E-state index is 0.0257. The summed E-state index contributed by atoms with van der Waals surface area (Å²) in [6.07, 6.45) is 6.66. The third-order valence-corrected chi connectivity index (χ3v) is 6.53. The number of allylic oxidation sites excluding steroid dienone is 5. The highest BCUT2D eigenvalue weighted by molar-refractivity contribution is 5.34. The maximum Gasteiger partial charge on any atom is 0.0322 e. The van der Waals surface area contributed by atoms with Crippen LogP contribution in [0.2, 0.25) is 0 Å². The molecule has 0 aromatic heterocycles. The average molecular weight is 376 g/mol. The van der Waals surface area contributed by atoms with E-state index >= 15 is 0 Å². The molecule has 1 N–H and O–H groups in total. The molecule has 0 aliphatic heterocycles. The summed E-state index contributed by atoms with van der Waals surface area (Å²) in [5.74, 6) is 0.651. The van der Waals surface area contributed by atoms with Gasteiger partial charge in [-0.25, -0.2) is 0 Å². The molecule has 27 heavy (non-hydrogen) atoms. The quantitative estimate of drug-likeness (QED) is 0.379. The largest absolute Gasteiger partial charge is 0.383 e. The molecule has 0 saturated carbocycles. The Hall–Kier alpha value is -0.980. The molecule has 0 saturated heterocycles. The lowest BCUT2D eigenvalue weighted by molar-refractivity contribution is 0.149. The van der Waals surface area contributed by atoms with Crippen LogP contribution in [0.1, 0.15) is 103 Å². The van der Waals surface area contributed by atoms with Gasteiger partial charge in [-0.1, -0.05) is 79.7 Å². The molecule has 0 unspecified atom stereocenters. The standard InChI is InChI=1S/C26H49N/c1-15-20(5)22(16-2)25(11,12)18-26(13,14)27-21(6)24(9,10)17-23(7,8)19(3)4/h15-16,19,27H,6,17-18H2,1-5,7-14H3/b20-15-,22-16+. The molecule has 0 atom stereocenters. The smallest absolute Gasteiger partial charge is 0.0322 e. The van der Waals surface area contributed by atoms with Crippen molar-refractivity contribution in [2.75, 3.05) is 0 Å². The zero-order chi connectivity index (χ0) is 21.8. The Kier molecular flexibility index (Phi) is 8.69. The van der Waals surface area contributed by atoms with Gasteiger partial charge in [0.25, 0.3) is 0 Å². The van der Waals surface area contributed by atoms with E-state index in [4.69, 9.17) is 0 Å². The zero-order valence-electron chi connectivity index (χ0n) is 20.9. The van der Waals surface area contributed by atoms with E-state index < -0.39 is 0 Å². The van der Waals surface area contributed by atoms with E-state index in [9.17, 15) is 0 Å². The van der Waals surface area contributed by atoms with Gasteiger partial charge in [-0.05, 0) is 69.8 Å². The summed E-state index contributed by atoms with van der Waals surface area (Å²) in [6.45, 7) is 34.3. The van der Waals surface area contributed by atoms with Gasteiger partial charge in [0, 0.05) is 16.7 Å². The van der Waals surface area contributed by atoms with Gasteiger partial charge in [-0.3, -0.25) is 0 Å². The summed E-state index contributed by atoms with van der Waals surface area (Å²) in [5, 5.41) is 3.81. The van der Waals surface area contributed by atoms with Crippen molar-refractivity contribution < 1.29 is 0 Å². The molecule has 0 fully saturated rings. The van der Waals surface area contributed by atoms with Gasteiger partial charge in [-0.2, -0.15) is 0 Å².